The molecule has 0 aliphatic heterocycles. The molecule has 0 amide bonds. The fraction of sp³-hybridized carbons (Fsp3) is 0.0526. The second-order valence-electron chi connectivity index (χ2n) is 5.11. The van der Waals surface area contributed by atoms with E-state index in [0.29, 0.717) is 17.1 Å². The molecular weight excluding hydrogens is 302 g/mol. The number of rotatable bonds is 4. The van der Waals surface area contributed by atoms with Crippen LogP contribution in [0.3, 0.4) is 0 Å². The number of ether oxygens (including phenoxy) is 1. The molecule has 0 atom stereocenters. The quantitative estimate of drug-likeness (QED) is 0.758. The van der Waals surface area contributed by atoms with Crippen LogP contribution in [0.1, 0.15) is 5.56 Å². The third-order valence-electron chi connectivity index (χ3n) is 3.51. The number of phenols is 1. The lowest BCUT2D eigenvalue weighted by molar-refractivity contribution is 0.415. The Balaban J connectivity index is 1.97. The number of pyridine rings is 1. The number of nitriles is 1. The Morgan fingerprint density at radius 3 is 2.54 bits per heavy atom. The molecule has 5 heteroatoms. The standard InChI is InChI=1S/C19H15N3O2/c1-24-17-8-5-13(6-9-17)18-10-7-14(12-20)19(22-18)21-15-3-2-4-16(23)11-15/h2-11,23H,1H3,(H,21,22). The molecule has 5 nitrogen and oxygen atoms in total. The van der Waals surface area contributed by atoms with Gasteiger partial charge in [0.05, 0.1) is 18.4 Å². The number of aromatic nitrogens is 1. The van der Waals surface area contributed by atoms with Crippen molar-refractivity contribution in [2.45, 2.75) is 0 Å². The first-order valence-electron chi connectivity index (χ1n) is 7.31. The van der Waals surface area contributed by atoms with Gasteiger partial charge in [-0.2, -0.15) is 5.26 Å². The van der Waals surface area contributed by atoms with Crippen molar-refractivity contribution in [2.24, 2.45) is 0 Å². The van der Waals surface area contributed by atoms with Crippen molar-refractivity contribution in [3.63, 3.8) is 0 Å². The first-order chi connectivity index (χ1) is 11.7. The van der Waals surface area contributed by atoms with Crippen LogP contribution in [0, 0.1) is 11.3 Å². The molecule has 0 fully saturated rings. The molecular formula is C19H15N3O2. The van der Waals surface area contributed by atoms with Gasteiger partial charge in [0.1, 0.15) is 23.4 Å². The van der Waals surface area contributed by atoms with E-state index in [4.69, 9.17) is 4.74 Å². The zero-order valence-electron chi connectivity index (χ0n) is 13.0. The number of hydrogen-bond donors (Lipinski definition) is 2. The van der Waals surface area contributed by atoms with Crippen molar-refractivity contribution in [3.8, 4) is 28.8 Å². The summed E-state index contributed by atoms with van der Waals surface area (Å²) in [6, 6.07) is 19.8. The van der Waals surface area contributed by atoms with Crippen LogP contribution in [0.5, 0.6) is 11.5 Å². The molecule has 0 radical (unpaired) electrons. The highest BCUT2D eigenvalue weighted by molar-refractivity contribution is 5.69. The third-order valence-corrected chi connectivity index (χ3v) is 3.51. The largest absolute Gasteiger partial charge is 0.508 e. The maximum Gasteiger partial charge on any atom is 0.149 e. The number of nitrogens with zero attached hydrogens (tertiary/aromatic N) is 2. The zero-order chi connectivity index (χ0) is 16.9. The zero-order valence-corrected chi connectivity index (χ0v) is 13.0. The molecule has 0 unspecified atom stereocenters. The van der Waals surface area contributed by atoms with Gasteiger partial charge in [-0.25, -0.2) is 4.98 Å². The summed E-state index contributed by atoms with van der Waals surface area (Å²) in [5.74, 6) is 1.35. The number of benzene rings is 2. The summed E-state index contributed by atoms with van der Waals surface area (Å²) in [7, 11) is 1.62. The van der Waals surface area contributed by atoms with E-state index in [2.05, 4.69) is 16.4 Å². The number of phenolic OH excluding ortho intramolecular Hbond substituents is 1. The van der Waals surface area contributed by atoms with Crippen molar-refractivity contribution < 1.29 is 9.84 Å². The smallest absolute Gasteiger partial charge is 0.149 e. The molecule has 0 saturated heterocycles. The minimum atomic E-state index is 0.143. The second-order valence-corrected chi connectivity index (χ2v) is 5.11. The Bertz CT molecular complexity index is 899. The highest BCUT2D eigenvalue weighted by Gasteiger charge is 2.08. The minimum Gasteiger partial charge on any atom is -0.508 e. The molecule has 0 bridgehead atoms. The summed E-state index contributed by atoms with van der Waals surface area (Å²) in [6.45, 7) is 0. The summed E-state index contributed by atoms with van der Waals surface area (Å²) in [5, 5.41) is 21.9. The monoisotopic (exact) mass is 317 g/mol. The average Bonchev–Trinajstić information content (AvgIpc) is 2.62. The summed E-state index contributed by atoms with van der Waals surface area (Å²) < 4.78 is 5.16. The molecule has 1 heterocycles. The van der Waals surface area contributed by atoms with Crippen LogP contribution in [0.15, 0.2) is 60.7 Å². The van der Waals surface area contributed by atoms with Crippen LogP contribution in [-0.2, 0) is 0 Å². The average molecular weight is 317 g/mol. The Morgan fingerprint density at radius 1 is 1.08 bits per heavy atom. The van der Waals surface area contributed by atoms with Crippen molar-refractivity contribution in [1.29, 1.82) is 5.26 Å². The SMILES string of the molecule is COc1ccc(-c2ccc(C#N)c(Nc3cccc(O)c3)n2)cc1. The van der Waals surface area contributed by atoms with E-state index >= 15 is 0 Å². The van der Waals surface area contributed by atoms with Gasteiger partial charge in [0, 0.05) is 17.3 Å². The van der Waals surface area contributed by atoms with Gasteiger partial charge >= 0.3 is 0 Å². The predicted molar refractivity (Wildman–Crippen MR) is 92.3 cm³/mol. The van der Waals surface area contributed by atoms with Gasteiger partial charge in [-0.15, -0.1) is 0 Å². The Hall–Kier alpha value is -3.52. The van der Waals surface area contributed by atoms with E-state index < -0.39 is 0 Å². The van der Waals surface area contributed by atoms with Crippen LogP contribution in [0.25, 0.3) is 11.3 Å². The minimum absolute atomic E-state index is 0.143. The van der Waals surface area contributed by atoms with Crippen LogP contribution < -0.4 is 10.1 Å². The lowest BCUT2D eigenvalue weighted by Crippen LogP contribution is -1.98. The van der Waals surface area contributed by atoms with E-state index in [1.54, 1.807) is 43.5 Å². The molecule has 0 aliphatic carbocycles. The molecule has 3 rings (SSSR count). The van der Waals surface area contributed by atoms with E-state index in [1.165, 1.54) is 0 Å². The van der Waals surface area contributed by atoms with E-state index in [-0.39, 0.29) is 5.75 Å². The van der Waals surface area contributed by atoms with Gasteiger partial charge in [0.2, 0.25) is 0 Å². The fourth-order valence-corrected chi connectivity index (χ4v) is 2.29. The van der Waals surface area contributed by atoms with Crippen LogP contribution >= 0.6 is 0 Å². The predicted octanol–water partition coefficient (Wildman–Crippen LogP) is 4.08. The highest BCUT2D eigenvalue weighted by atomic mass is 16.5. The molecule has 0 spiro atoms. The maximum atomic E-state index is 9.56. The fourth-order valence-electron chi connectivity index (χ4n) is 2.29. The van der Waals surface area contributed by atoms with Gasteiger partial charge in [-0.1, -0.05) is 6.07 Å². The van der Waals surface area contributed by atoms with Crippen molar-refractivity contribution in [3.05, 3.63) is 66.2 Å². The summed E-state index contributed by atoms with van der Waals surface area (Å²) in [6.07, 6.45) is 0. The molecule has 2 N–H and O–H groups in total. The molecule has 118 valence electrons. The first-order valence-corrected chi connectivity index (χ1v) is 7.31. The van der Waals surface area contributed by atoms with Gasteiger partial charge in [0.15, 0.2) is 0 Å². The maximum absolute atomic E-state index is 9.56. The lowest BCUT2D eigenvalue weighted by Gasteiger charge is -2.10. The summed E-state index contributed by atoms with van der Waals surface area (Å²) in [5.41, 5.74) is 2.74. The number of hydrogen-bond acceptors (Lipinski definition) is 5. The summed E-state index contributed by atoms with van der Waals surface area (Å²) >= 11 is 0. The Kier molecular flexibility index (Phi) is 4.30. The van der Waals surface area contributed by atoms with Crippen LogP contribution in [0.2, 0.25) is 0 Å². The topological polar surface area (TPSA) is 78.2 Å². The molecule has 0 aliphatic rings. The molecule has 3 aromatic rings. The van der Waals surface area contributed by atoms with E-state index in [0.717, 1.165) is 17.0 Å². The summed E-state index contributed by atoms with van der Waals surface area (Å²) in [4.78, 5) is 4.54. The van der Waals surface area contributed by atoms with Gasteiger partial charge in [0.25, 0.3) is 0 Å². The number of aromatic hydroxyl groups is 1. The number of anilines is 2. The van der Waals surface area contributed by atoms with Crippen LogP contribution in [-0.4, -0.2) is 17.2 Å². The lowest BCUT2D eigenvalue weighted by atomic mass is 10.1. The molecule has 1 aromatic heterocycles. The van der Waals surface area contributed by atoms with Crippen molar-refractivity contribution >= 4 is 11.5 Å². The highest BCUT2D eigenvalue weighted by Crippen LogP contribution is 2.26. The van der Waals surface area contributed by atoms with E-state index in [1.807, 2.05) is 24.3 Å². The van der Waals surface area contributed by atoms with Gasteiger partial charge in [-0.3, -0.25) is 0 Å². The number of methoxy groups -OCH3 is 1. The van der Waals surface area contributed by atoms with Crippen LogP contribution in [0.4, 0.5) is 11.5 Å². The second kappa shape index (κ2) is 6.71. The molecule has 2 aromatic carbocycles. The Morgan fingerprint density at radius 2 is 1.88 bits per heavy atom. The molecule has 0 saturated carbocycles. The van der Waals surface area contributed by atoms with E-state index in [9.17, 15) is 10.4 Å². The molecule has 24 heavy (non-hydrogen) atoms. The normalized spacial score (nSPS) is 10.0. The van der Waals surface area contributed by atoms with Gasteiger partial charge < -0.3 is 15.2 Å². The Labute approximate surface area is 139 Å². The third kappa shape index (κ3) is 3.28. The van der Waals surface area contributed by atoms with Crippen molar-refractivity contribution in [1.82, 2.24) is 4.98 Å². The number of nitrogens with one attached hydrogen (secondary N) is 1. The first kappa shape index (κ1) is 15.4. The van der Waals surface area contributed by atoms with Crippen molar-refractivity contribution in [2.75, 3.05) is 12.4 Å². The van der Waals surface area contributed by atoms with Gasteiger partial charge in [-0.05, 0) is 48.5 Å².